The number of aromatic nitrogens is 4. The van der Waals surface area contributed by atoms with Crippen LogP contribution in [0.3, 0.4) is 0 Å². The Hall–Kier alpha value is -3.59. The minimum atomic E-state index is -0.164. The molecule has 2 atom stereocenters. The quantitative estimate of drug-likeness (QED) is 0.0869. The first kappa shape index (κ1) is 39.6. The zero-order valence-corrected chi connectivity index (χ0v) is 35.9. The zero-order chi connectivity index (χ0) is 38.5. The van der Waals surface area contributed by atoms with Crippen LogP contribution in [0.4, 0.5) is 4.39 Å². The normalized spacial score (nSPS) is 13.1. The molecule has 0 saturated heterocycles. The number of benzene rings is 3. The van der Waals surface area contributed by atoms with Crippen LogP contribution in [0, 0.1) is 17.7 Å². The van der Waals surface area contributed by atoms with Gasteiger partial charge in [0.05, 0.1) is 28.6 Å². The number of fused-ring (bicyclic) bond motifs is 3. The number of unbranched alkanes of at least 4 members (excludes halogenated alkanes) is 2. The highest BCUT2D eigenvalue weighted by molar-refractivity contribution is 7.29. The Balaban J connectivity index is 1.25. The number of nitrogens with zero attached hydrogens (tertiary/aromatic N) is 4. The van der Waals surface area contributed by atoms with Crippen molar-refractivity contribution in [2.24, 2.45) is 11.8 Å². The summed E-state index contributed by atoms with van der Waals surface area (Å²) in [5.41, 5.74) is 11.0. The lowest BCUT2D eigenvalue weighted by atomic mass is 9.91. The van der Waals surface area contributed by atoms with Crippen molar-refractivity contribution >= 4 is 65.9 Å². The Morgan fingerprint density at radius 2 is 1.24 bits per heavy atom. The molecule has 7 aromatic rings. The van der Waals surface area contributed by atoms with Crippen LogP contribution in [0.1, 0.15) is 121 Å². The van der Waals surface area contributed by atoms with Crippen LogP contribution in [-0.4, -0.2) is 18.7 Å². The summed E-state index contributed by atoms with van der Waals surface area (Å²) in [6.07, 6.45) is 14.9. The topological polar surface area (TPSA) is 51.6 Å². The molecule has 0 fully saturated rings. The first-order valence-corrected chi connectivity index (χ1v) is 23.1. The molecule has 0 N–H and O–H groups in total. The van der Waals surface area contributed by atoms with Gasteiger partial charge in [-0.25, -0.2) is 14.4 Å². The summed E-state index contributed by atoms with van der Waals surface area (Å²) >= 11 is 5.02. The summed E-state index contributed by atoms with van der Waals surface area (Å²) < 4.78 is 28.2. The van der Waals surface area contributed by atoms with E-state index >= 15 is 4.39 Å². The molecule has 0 bridgehead atoms. The van der Waals surface area contributed by atoms with Gasteiger partial charge < -0.3 is 0 Å². The maximum Gasteiger partial charge on any atom is 0.131 e. The molecule has 0 saturated carbocycles. The van der Waals surface area contributed by atoms with E-state index in [0.717, 1.165) is 99.3 Å². The molecule has 3 aromatic carbocycles. The third-order valence-electron chi connectivity index (χ3n) is 11.6. The van der Waals surface area contributed by atoms with Crippen molar-refractivity contribution in [2.75, 3.05) is 0 Å². The molecule has 0 aliphatic rings. The predicted molar refractivity (Wildman–Crippen MR) is 237 cm³/mol. The molecule has 0 aliphatic carbocycles. The van der Waals surface area contributed by atoms with Gasteiger partial charge in [0, 0.05) is 35.8 Å². The molecule has 8 heteroatoms. The predicted octanol–water partition coefficient (Wildman–Crippen LogP) is 15.1. The molecular weight excluding hydrogens is 736 g/mol. The van der Waals surface area contributed by atoms with Gasteiger partial charge in [0.2, 0.25) is 0 Å². The highest BCUT2D eigenvalue weighted by Gasteiger charge is 2.25. The first-order chi connectivity index (χ1) is 26.9. The smallest absolute Gasteiger partial charge is 0.131 e. The molecule has 0 spiro atoms. The lowest BCUT2D eigenvalue weighted by Crippen LogP contribution is -2.03. The fourth-order valence-corrected chi connectivity index (χ4v) is 11.3. The SMILES string of the molecule is CCCCC(CC)CCc1ccc(-c2ccc(-c3c4nsnc4c(-c4cc5sc(CC(CC)CCCC)cc5s4)c4nc(CC)c(CC)nc34)cc2)c(F)c1. The summed E-state index contributed by atoms with van der Waals surface area (Å²) in [4.78, 5) is 13.4. The van der Waals surface area contributed by atoms with Crippen molar-refractivity contribution < 1.29 is 4.39 Å². The Bertz CT molecular complexity index is 2340. The Kier molecular flexibility index (Phi) is 13.1. The first-order valence-electron chi connectivity index (χ1n) is 20.8. The van der Waals surface area contributed by atoms with Gasteiger partial charge in [0.1, 0.15) is 22.4 Å². The molecule has 0 amide bonds. The van der Waals surface area contributed by atoms with Crippen LogP contribution in [-0.2, 0) is 25.7 Å². The number of rotatable bonds is 18. The van der Waals surface area contributed by atoms with Crippen molar-refractivity contribution in [2.45, 2.75) is 125 Å². The van der Waals surface area contributed by atoms with E-state index in [-0.39, 0.29) is 5.82 Å². The van der Waals surface area contributed by atoms with Crippen LogP contribution in [0.15, 0.2) is 54.6 Å². The fourth-order valence-electron chi connectivity index (χ4n) is 8.19. The maximum atomic E-state index is 15.7. The summed E-state index contributed by atoms with van der Waals surface area (Å²) in [7, 11) is 0. The summed E-state index contributed by atoms with van der Waals surface area (Å²) in [6.45, 7) is 13.4. The number of hydrogen-bond donors (Lipinski definition) is 0. The maximum absolute atomic E-state index is 15.7. The van der Waals surface area contributed by atoms with E-state index in [0.29, 0.717) is 11.5 Å². The average Bonchev–Trinajstić information content (AvgIpc) is 3.94. The van der Waals surface area contributed by atoms with Crippen molar-refractivity contribution in [1.29, 1.82) is 0 Å². The van der Waals surface area contributed by atoms with Crippen molar-refractivity contribution in [3.8, 4) is 32.7 Å². The third-order valence-corrected chi connectivity index (χ3v) is 14.5. The van der Waals surface area contributed by atoms with Crippen LogP contribution < -0.4 is 0 Å². The minimum absolute atomic E-state index is 0.164. The van der Waals surface area contributed by atoms with E-state index in [1.807, 2.05) is 40.9 Å². The van der Waals surface area contributed by atoms with Crippen LogP contribution in [0.5, 0.6) is 0 Å². The lowest BCUT2D eigenvalue weighted by molar-refractivity contribution is 0.421. The second-order valence-electron chi connectivity index (χ2n) is 15.3. The Morgan fingerprint density at radius 3 is 1.85 bits per heavy atom. The van der Waals surface area contributed by atoms with Crippen LogP contribution in [0.25, 0.3) is 64.2 Å². The van der Waals surface area contributed by atoms with E-state index in [9.17, 15) is 0 Å². The number of hydrogen-bond acceptors (Lipinski definition) is 7. The minimum Gasteiger partial charge on any atom is -0.249 e. The van der Waals surface area contributed by atoms with Crippen LogP contribution >= 0.6 is 34.4 Å². The lowest BCUT2D eigenvalue weighted by Gasteiger charge is -2.15. The van der Waals surface area contributed by atoms with Crippen molar-refractivity contribution in [1.82, 2.24) is 18.7 Å². The summed E-state index contributed by atoms with van der Waals surface area (Å²) in [5.74, 6) is 1.29. The van der Waals surface area contributed by atoms with Crippen molar-refractivity contribution in [3.05, 3.63) is 82.2 Å². The highest BCUT2D eigenvalue weighted by atomic mass is 32.1. The molecule has 55 heavy (non-hydrogen) atoms. The van der Waals surface area contributed by atoms with Gasteiger partial charge in [0.25, 0.3) is 0 Å². The summed E-state index contributed by atoms with van der Waals surface area (Å²) in [5, 5.41) is 0. The molecule has 4 aromatic heterocycles. The van der Waals surface area contributed by atoms with Crippen LogP contribution in [0.2, 0.25) is 0 Å². The molecule has 288 valence electrons. The molecule has 4 heterocycles. The van der Waals surface area contributed by atoms with E-state index < -0.39 is 0 Å². The molecule has 0 aliphatic heterocycles. The van der Waals surface area contributed by atoms with E-state index in [2.05, 4.69) is 71.9 Å². The van der Waals surface area contributed by atoms with Gasteiger partial charge in [-0.2, -0.15) is 8.75 Å². The number of thiophene rings is 2. The van der Waals surface area contributed by atoms with Gasteiger partial charge in [-0.1, -0.05) is 129 Å². The van der Waals surface area contributed by atoms with Gasteiger partial charge in [-0.3, -0.25) is 0 Å². The van der Waals surface area contributed by atoms with Gasteiger partial charge in [-0.05, 0) is 78.8 Å². The molecule has 2 unspecified atom stereocenters. The van der Waals surface area contributed by atoms with E-state index in [4.69, 9.17) is 18.7 Å². The second-order valence-corrected chi connectivity index (χ2v) is 18.0. The zero-order valence-electron chi connectivity index (χ0n) is 33.4. The monoisotopic (exact) mass is 790 g/mol. The van der Waals surface area contributed by atoms with E-state index in [1.165, 1.54) is 82.2 Å². The fraction of sp³-hybridized carbons (Fsp3) is 0.447. The van der Waals surface area contributed by atoms with Gasteiger partial charge in [-0.15, -0.1) is 22.7 Å². The molecule has 0 radical (unpaired) electrons. The average molecular weight is 791 g/mol. The molecular formula is C47H55FN4S3. The molecule has 7 rings (SSSR count). The largest absolute Gasteiger partial charge is 0.249 e. The number of halogens is 1. The standard InChI is InChI=1S/C47H55FN4S3/c1-7-13-15-29(9-3)17-18-31-19-24-35(36(48)26-31)32-20-22-33(23-21-32)42-44-45(50-38(12-6)37(11-5)49-44)43(47-46(42)51-55-52-47)41-28-40-39(54-41)27-34(53-40)25-30(10-4)16-14-8-2/h19-24,26-30H,7-18,25H2,1-6H3. The highest BCUT2D eigenvalue weighted by Crippen LogP contribution is 2.47. The summed E-state index contributed by atoms with van der Waals surface area (Å²) in [6, 6.07) is 18.8. The number of aryl methyl sites for hydroxylation is 3. The van der Waals surface area contributed by atoms with Gasteiger partial charge >= 0.3 is 0 Å². The second kappa shape index (κ2) is 18.1. The van der Waals surface area contributed by atoms with E-state index in [1.54, 1.807) is 6.07 Å². The Morgan fingerprint density at radius 1 is 0.618 bits per heavy atom. The third kappa shape index (κ3) is 8.43. The Labute approximate surface area is 339 Å². The molecule has 4 nitrogen and oxygen atoms in total. The van der Waals surface area contributed by atoms with Crippen molar-refractivity contribution in [3.63, 3.8) is 0 Å². The van der Waals surface area contributed by atoms with Gasteiger partial charge in [0.15, 0.2) is 0 Å².